The highest BCUT2D eigenvalue weighted by molar-refractivity contribution is 5.72. The number of hydrogen-bond acceptors (Lipinski definition) is 4. The van der Waals surface area contributed by atoms with Gasteiger partial charge in [-0.05, 0) is 18.6 Å². The summed E-state index contributed by atoms with van der Waals surface area (Å²) < 4.78 is 4.48. The highest BCUT2D eigenvalue weighted by Crippen LogP contribution is 2.14. The molecule has 1 heterocycles. The van der Waals surface area contributed by atoms with Gasteiger partial charge in [0.05, 0.1) is 19.2 Å². The molecule has 0 aliphatic rings. The van der Waals surface area contributed by atoms with Crippen molar-refractivity contribution in [2.24, 2.45) is 0 Å². The van der Waals surface area contributed by atoms with Gasteiger partial charge in [-0.1, -0.05) is 0 Å². The Labute approximate surface area is 76.2 Å². The summed E-state index contributed by atoms with van der Waals surface area (Å²) in [6.07, 6.45) is 1.68. The van der Waals surface area contributed by atoms with Crippen molar-refractivity contribution in [1.82, 2.24) is 4.98 Å². The van der Waals surface area contributed by atoms with Gasteiger partial charge in [0, 0.05) is 6.20 Å². The van der Waals surface area contributed by atoms with Crippen LogP contribution in [-0.4, -0.2) is 23.2 Å². The molecule has 70 valence electrons. The van der Waals surface area contributed by atoms with E-state index in [0.717, 1.165) is 0 Å². The lowest BCUT2D eigenvalue weighted by Gasteiger charge is -2.01. The van der Waals surface area contributed by atoms with Crippen LogP contribution < -0.4 is 0 Å². The number of carbonyl (C=O) groups is 1. The van der Waals surface area contributed by atoms with Gasteiger partial charge < -0.3 is 9.84 Å². The van der Waals surface area contributed by atoms with Gasteiger partial charge in [0.25, 0.3) is 0 Å². The maximum Gasteiger partial charge on any atom is 0.310 e. The molecule has 1 N–H and O–H groups in total. The monoisotopic (exact) mass is 181 g/mol. The Kier molecular flexibility index (Phi) is 2.84. The summed E-state index contributed by atoms with van der Waals surface area (Å²) in [5, 5.41) is 9.27. The maximum atomic E-state index is 10.8. The fourth-order valence-electron chi connectivity index (χ4n) is 0.899. The molecule has 4 nitrogen and oxygen atoms in total. The van der Waals surface area contributed by atoms with Gasteiger partial charge in [0.2, 0.25) is 0 Å². The first-order valence-electron chi connectivity index (χ1n) is 3.85. The molecule has 0 unspecified atom stereocenters. The first-order chi connectivity index (χ1) is 6.13. The third-order valence-electron chi connectivity index (χ3n) is 1.69. The maximum absolute atomic E-state index is 10.8. The largest absolute Gasteiger partial charge is 0.506 e. The smallest absolute Gasteiger partial charge is 0.310 e. The number of esters is 1. The number of methoxy groups -OCH3 is 1. The fraction of sp³-hybridized carbons (Fsp3) is 0.333. The zero-order valence-electron chi connectivity index (χ0n) is 7.57. The van der Waals surface area contributed by atoms with Crippen LogP contribution >= 0.6 is 0 Å². The molecule has 0 spiro atoms. The molecular weight excluding hydrogens is 170 g/mol. The lowest BCUT2D eigenvalue weighted by atomic mass is 10.2. The van der Waals surface area contributed by atoms with Crippen LogP contribution in [0.1, 0.15) is 11.3 Å². The second-order valence-corrected chi connectivity index (χ2v) is 2.70. The molecule has 1 aromatic heterocycles. The number of ether oxygens (including phenoxy) is 1. The highest BCUT2D eigenvalue weighted by atomic mass is 16.5. The third kappa shape index (κ3) is 2.43. The Bertz CT molecular complexity index is 323. The number of aryl methyl sites for hydroxylation is 1. The van der Waals surface area contributed by atoms with E-state index in [-0.39, 0.29) is 18.1 Å². The predicted octanol–water partition coefficient (Wildman–Crippen LogP) is 0.811. The van der Waals surface area contributed by atoms with E-state index >= 15 is 0 Å². The Morgan fingerprint density at radius 3 is 2.92 bits per heavy atom. The molecule has 0 saturated carbocycles. The van der Waals surface area contributed by atoms with Crippen molar-refractivity contribution in [2.75, 3.05) is 7.11 Å². The van der Waals surface area contributed by atoms with E-state index in [1.54, 1.807) is 13.1 Å². The number of aromatic hydroxyl groups is 1. The van der Waals surface area contributed by atoms with E-state index in [0.29, 0.717) is 11.3 Å². The lowest BCUT2D eigenvalue weighted by molar-refractivity contribution is -0.139. The average Bonchev–Trinajstić information content (AvgIpc) is 2.11. The SMILES string of the molecule is COC(=O)Cc1cnc(C)c(O)c1. The van der Waals surface area contributed by atoms with Crippen molar-refractivity contribution in [2.45, 2.75) is 13.3 Å². The summed E-state index contributed by atoms with van der Waals surface area (Å²) in [6.45, 7) is 1.69. The van der Waals surface area contributed by atoms with Gasteiger partial charge in [-0.25, -0.2) is 0 Å². The Hall–Kier alpha value is -1.58. The quantitative estimate of drug-likeness (QED) is 0.686. The van der Waals surface area contributed by atoms with Crippen molar-refractivity contribution in [3.63, 3.8) is 0 Å². The van der Waals surface area contributed by atoms with Crippen LogP contribution in [-0.2, 0) is 16.0 Å². The first-order valence-corrected chi connectivity index (χ1v) is 3.85. The number of nitrogens with zero attached hydrogens (tertiary/aromatic N) is 1. The molecule has 4 heteroatoms. The van der Waals surface area contributed by atoms with Crippen LogP contribution in [0, 0.1) is 6.92 Å². The summed E-state index contributed by atoms with van der Waals surface area (Å²) in [7, 11) is 1.32. The van der Waals surface area contributed by atoms with Crippen molar-refractivity contribution >= 4 is 5.97 Å². The van der Waals surface area contributed by atoms with Crippen molar-refractivity contribution < 1.29 is 14.6 Å². The number of rotatable bonds is 2. The van der Waals surface area contributed by atoms with Gasteiger partial charge in [-0.15, -0.1) is 0 Å². The summed E-state index contributed by atoms with van der Waals surface area (Å²) in [5.74, 6) is -0.244. The molecule has 0 atom stereocenters. The van der Waals surface area contributed by atoms with Crippen LogP contribution in [0.3, 0.4) is 0 Å². The average molecular weight is 181 g/mol. The van der Waals surface area contributed by atoms with Crippen molar-refractivity contribution in [3.05, 3.63) is 23.5 Å². The van der Waals surface area contributed by atoms with E-state index in [4.69, 9.17) is 0 Å². The Morgan fingerprint density at radius 2 is 2.38 bits per heavy atom. The summed E-state index contributed by atoms with van der Waals surface area (Å²) in [6, 6.07) is 1.51. The van der Waals surface area contributed by atoms with Gasteiger partial charge >= 0.3 is 5.97 Å². The molecule has 0 amide bonds. The second kappa shape index (κ2) is 3.89. The van der Waals surface area contributed by atoms with E-state index in [1.165, 1.54) is 13.2 Å². The van der Waals surface area contributed by atoms with Crippen molar-refractivity contribution in [3.8, 4) is 5.75 Å². The Morgan fingerprint density at radius 1 is 1.69 bits per heavy atom. The Balaban J connectivity index is 2.79. The summed E-state index contributed by atoms with van der Waals surface area (Å²) >= 11 is 0. The minimum Gasteiger partial charge on any atom is -0.506 e. The van der Waals surface area contributed by atoms with Crippen LogP contribution in [0.15, 0.2) is 12.3 Å². The van der Waals surface area contributed by atoms with Crippen LogP contribution in [0.25, 0.3) is 0 Å². The number of carbonyl (C=O) groups excluding carboxylic acids is 1. The molecule has 0 fully saturated rings. The van der Waals surface area contributed by atoms with E-state index in [9.17, 15) is 9.90 Å². The fourth-order valence-corrected chi connectivity index (χ4v) is 0.899. The molecular formula is C9H11NO3. The minimum atomic E-state index is -0.343. The number of aromatic nitrogens is 1. The third-order valence-corrected chi connectivity index (χ3v) is 1.69. The molecule has 0 saturated heterocycles. The van der Waals surface area contributed by atoms with Gasteiger partial charge in [-0.2, -0.15) is 0 Å². The standard InChI is InChI=1S/C9H11NO3/c1-6-8(11)3-7(5-10-6)4-9(12)13-2/h3,5,11H,4H2,1-2H3. The van der Waals surface area contributed by atoms with Crippen LogP contribution in [0.2, 0.25) is 0 Å². The van der Waals surface area contributed by atoms with E-state index < -0.39 is 0 Å². The molecule has 0 aliphatic heterocycles. The highest BCUT2D eigenvalue weighted by Gasteiger charge is 2.05. The lowest BCUT2D eigenvalue weighted by Crippen LogP contribution is -2.04. The van der Waals surface area contributed by atoms with Crippen LogP contribution in [0.4, 0.5) is 0 Å². The van der Waals surface area contributed by atoms with Crippen molar-refractivity contribution in [1.29, 1.82) is 0 Å². The normalized spacial score (nSPS) is 9.69. The van der Waals surface area contributed by atoms with Gasteiger partial charge in [0.15, 0.2) is 0 Å². The van der Waals surface area contributed by atoms with E-state index in [2.05, 4.69) is 9.72 Å². The van der Waals surface area contributed by atoms with Gasteiger partial charge in [0.1, 0.15) is 5.75 Å². The van der Waals surface area contributed by atoms with Crippen LogP contribution in [0.5, 0.6) is 5.75 Å². The summed E-state index contributed by atoms with van der Waals surface area (Å²) in [5.41, 5.74) is 1.20. The topological polar surface area (TPSA) is 59.4 Å². The number of pyridine rings is 1. The summed E-state index contributed by atoms with van der Waals surface area (Å²) in [4.78, 5) is 14.8. The molecule has 1 rings (SSSR count). The molecule has 0 bridgehead atoms. The minimum absolute atomic E-state index is 0.0985. The molecule has 0 radical (unpaired) electrons. The molecule has 0 aliphatic carbocycles. The second-order valence-electron chi connectivity index (χ2n) is 2.70. The molecule has 1 aromatic rings. The predicted molar refractivity (Wildman–Crippen MR) is 46.4 cm³/mol. The first kappa shape index (κ1) is 9.51. The molecule has 13 heavy (non-hydrogen) atoms. The zero-order valence-corrected chi connectivity index (χ0v) is 7.57. The number of hydrogen-bond donors (Lipinski definition) is 1. The van der Waals surface area contributed by atoms with E-state index in [1.807, 2.05) is 0 Å². The molecule has 0 aromatic carbocycles. The zero-order chi connectivity index (χ0) is 9.84. The van der Waals surface area contributed by atoms with Gasteiger partial charge in [-0.3, -0.25) is 9.78 Å².